The minimum Gasteiger partial charge on any atom is -0.337 e. The highest BCUT2D eigenvalue weighted by atomic mass is 16.2. The predicted octanol–water partition coefficient (Wildman–Crippen LogP) is 1.81. The van der Waals surface area contributed by atoms with E-state index in [0.717, 1.165) is 25.1 Å². The van der Waals surface area contributed by atoms with E-state index < -0.39 is 0 Å². The monoisotopic (exact) mass is 380 g/mol. The van der Waals surface area contributed by atoms with Gasteiger partial charge in [-0.15, -0.1) is 0 Å². The summed E-state index contributed by atoms with van der Waals surface area (Å²) in [5, 5.41) is 8.84. The van der Waals surface area contributed by atoms with E-state index in [2.05, 4.69) is 10.2 Å². The average molecular weight is 380 g/mol. The van der Waals surface area contributed by atoms with Crippen LogP contribution in [0.25, 0.3) is 5.69 Å². The van der Waals surface area contributed by atoms with Crippen molar-refractivity contribution in [3.8, 4) is 5.69 Å². The number of hydrogen-bond acceptors (Lipinski definition) is 4. The quantitative estimate of drug-likeness (QED) is 0.692. The Morgan fingerprint density at radius 3 is 2.68 bits per heavy atom. The molecule has 0 radical (unpaired) electrons. The van der Waals surface area contributed by atoms with Gasteiger partial charge in [0.25, 0.3) is 5.91 Å². The highest BCUT2D eigenvalue weighted by Gasteiger charge is 2.30. The van der Waals surface area contributed by atoms with Crippen LogP contribution >= 0.6 is 0 Å². The second kappa shape index (κ2) is 7.46. The number of amides is 1. The zero-order valence-corrected chi connectivity index (χ0v) is 16.2. The van der Waals surface area contributed by atoms with Crippen LogP contribution in [0.5, 0.6) is 0 Å². The van der Waals surface area contributed by atoms with Crippen molar-refractivity contribution in [2.45, 2.75) is 32.2 Å². The van der Waals surface area contributed by atoms with Crippen molar-refractivity contribution in [3.63, 3.8) is 0 Å². The van der Waals surface area contributed by atoms with Gasteiger partial charge in [0.1, 0.15) is 11.5 Å². The van der Waals surface area contributed by atoms with Gasteiger partial charge in [-0.2, -0.15) is 10.2 Å². The van der Waals surface area contributed by atoms with Gasteiger partial charge in [-0.05, 0) is 38.0 Å². The first-order valence-electron chi connectivity index (χ1n) is 9.62. The molecular formula is C20H24N6O2. The first-order chi connectivity index (χ1) is 13.6. The topological polar surface area (TPSA) is 78.0 Å². The Hall–Kier alpha value is -3.16. The Balaban J connectivity index is 1.63. The summed E-state index contributed by atoms with van der Waals surface area (Å²) in [6, 6.07) is 11.3. The number of benzene rings is 1. The summed E-state index contributed by atoms with van der Waals surface area (Å²) in [4.78, 5) is 27.4. The number of aromatic nitrogens is 5. The number of aryl methyl sites for hydroxylation is 2. The SMILES string of the molecule is CCn1ccc(C(=O)N2CCCC(c3nn(C)c(=O)n3-c3ccccc3)C2)n1. The van der Waals surface area contributed by atoms with Crippen molar-refractivity contribution in [1.29, 1.82) is 0 Å². The van der Waals surface area contributed by atoms with Crippen molar-refractivity contribution in [2.24, 2.45) is 7.05 Å². The molecule has 0 spiro atoms. The first kappa shape index (κ1) is 18.2. The third kappa shape index (κ3) is 3.26. The number of piperidine rings is 1. The van der Waals surface area contributed by atoms with Crippen LogP contribution in [0.2, 0.25) is 0 Å². The smallest absolute Gasteiger partial charge is 0.337 e. The van der Waals surface area contributed by atoms with E-state index in [1.165, 1.54) is 4.68 Å². The second-order valence-electron chi connectivity index (χ2n) is 7.08. The second-order valence-corrected chi connectivity index (χ2v) is 7.08. The zero-order valence-electron chi connectivity index (χ0n) is 16.2. The van der Waals surface area contributed by atoms with Gasteiger partial charge >= 0.3 is 5.69 Å². The normalized spacial score (nSPS) is 17.1. The Morgan fingerprint density at radius 1 is 1.18 bits per heavy atom. The Bertz CT molecular complexity index is 1030. The van der Waals surface area contributed by atoms with Gasteiger partial charge in [0.15, 0.2) is 0 Å². The molecule has 0 aliphatic carbocycles. The van der Waals surface area contributed by atoms with Crippen molar-refractivity contribution < 1.29 is 4.79 Å². The summed E-state index contributed by atoms with van der Waals surface area (Å²) in [6.07, 6.45) is 3.57. The molecular weight excluding hydrogens is 356 g/mol. The van der Waals surface area contributed by atoms with Gasteiger partial charge in [-0.3, -0.25) is 9.48 Å². The molecule has 1 amide bonds. The minimum atomic E-state index is -0.175. The van der Waals surface area contributed by atoms with Crippen LogP contribution in [0.4, 0.5) is 0 Å². The zero-order chi connectivity index (χ0) is 19.7. The molecule has 2 aromatic heterocycles. The number of carbonyl (C=O) groups is 1. The van der Waals surface area contributed by atoms with E-state index in [4.69, 9.17) is 0 Å². The fraction of sp³-hybridized carbons (Fsp3) is 0.400. The summed E-state index contributed by atoms with van der Waals surface area (Å²) in [7, 11) is 1.66. The first-order valence-corrected chi connectivity index (χ1v) is 9.62. The summed E-state index contributed by atoms with van der Waals surface area (Å²) in [5.41, 5.74) is 1.08. The van der Waals surface area contributed by atoms with E-state index in [-0.39, 0.29) is 17.5 Å². The summed E-state index contributed by atoms with van der Waals surface area (Å²) in [5.74, 6) is 0.636. The minimum absolute atomic E-state index is 0.0000620. The number of nitrogens with zero attached hydrogens (tertiary/aromatic N) is 6. The molecule has 1 aliphatic heterocycles. The molecule has 28 heavy (non-hydrogen) atoms. The molecule has 0 saturated carbocycles. The van der Waals surface area contributed by atoms with Crippen molar-refractivity contribution in [2.75, 3.05) is 13.1 Å². The molecule has 146 valence electrons. The maximum absolute atomic E-state index is 12.9. The van der Waals surface area contributed by atoms with Gasteiger partial charge in [0.2, 0.25) is 0 Å². The van der Waals surface area contributed by atoms with Crippen LogP contribution in [-0.4, -0.2) is 48.0 Å². The van der Waals surface area contributed by atoms with Crippen LogP contribution in [-0.2, 0) is 13.6 Å². The van der Waals surface area contributed by atoms with E-state index in [0.29, 0.717) is 24.6 Å². The largest absolute Gasteiger partial charge is 0.350 e. The molecule has 1 atom stereocenters. The van der Waals surface area contributed by atoms with Crippen LogP contribution in [0.3, 0.4) is 0 Å². The Morgan fingerprint density at radius 2 is 1.96 bits per heavy atom. The molecule has 3 heterocycles. The van der Waals surface area contributed by atoms with E-state index in [9.17, 15) is 9.59 Å². The Labute approximate surface area is 163 Å². The lowest BCUT2D eigenvalue weighted by molar-refractivity contribution is 0.0697. The van der Waals surface area contributed by atoms with Crippen molar-refractivity contribution in [3.05, 3.63) is 64.6 Å². The highest BCUT2D eigenvalue weighted by Crippen LogP contribution is 2.27. The lowest BCUT2D eigenvalue weighted by atomic mass is 9.96. The van der Waals surface area contributed by atoms with Gasteiger partial charge in [-0.25, -0.2) is 14.0 Å². The van der Waals surface area contributed by atoms with Crippen LogP contribution < -0.4 is 5.69 Å². The van der Waals surface area contributed by atoms with Crippen LogP contribution in [0.15, 0.2) is 47.4 Å². The standard InChI is InChI=1S/C20H24N6O2/c1-3-25-13-11-17(21-25)19(27)24-12-7-8-15(14-24)18-22-23(2)20(28)26(18)16-9-5-4-6-10-16/h4-6,9-11,13,15H,3,7-8,12,14H2,1-2H3. The molecule has 8 nitrogen and oxygen atoms in total. The summed E-state index contributed by atoms with van der Waals surface area (Å²) in [6.45, 7) is 3.94. The number of hydrogen-bond donors (Lipinski definition) is 0. The fourth-order valence-electron chi connectivity index (χ4n) is 3.75. The molecule has 1 unspecified atom stereocenters. The highest BCUT2D eigenvalue weighted by molar-refractivity contribution is 5.92. The van der Waals surface area contributed by atoms with E-state index >= 15 is 0 Å². The maximum atomic E-state index is 12.9. The number of rotatable bonds is 4. The van der Waals surface area contributed by atoms with E-state index in [1.54, 1.807) is 22.4 Å². The summed E-state index contributed by atoms with van der Waals surface area (Å²) < 4.78 is 4.77. The molecule has 4 rings (SSSR count). The summed E-state index contributed by atoms with van der Waals surface area (Å²) >= 11 is 0. The molecule has 8 heteroatoms. The number of likely N-dealkylation sites (tertiary alicyclic amines) is 1. The van der Waals surface area contributed by atoms with E-state index in [1.807, 2.05) is 48.4 Å². The van der Waals surface area contributed by atoms with Crippen LogP contribution in [0, 0.1) is 0 Å². The Kier molecular flexibility index (Phi) is 4.85. The maximum Gasteiger partial charge on any atom is 0.350 e. The van der Waals surface area contributed by atoms with Crippen LogP contribution in [0.1, 0.15) is 42.0 Å². The number of para-hydroxylation sites is 1. The fourth-order valence-corrected chi connectivity index (χ4v) is 3.75. The average Bonchev–Trinajstić information content (AvgIpc) is 3.33. The molecule has 1 aromatic carbocycles. The van der Waals surface area contributed by atoms with Gasteiger partial charge in [-0.1, -0.05) is 18.2 Å². The van der Waals surface area contributed by atoms with Gasteiger partial charge in [0.05, 0.1) is 5.69 Å². The third-order valence-electron chi connectivity index (χ3n) is 5.22. The van der Waals surface area contributed by atoms with Crippen molar-refractivity contribution in [1.82, 2.24) is 29.0 Å². The van der Waals surface area contributed by atoms with Crippen molar-refractivity contribution >= 4 is 5.91 Å². The third-order valence-corrected chi connectivity index (χ3v) is 5.22. The molecule has 0 bridgehead atoms. The molecule has 1 saturated heterocycles. The van der Waals surface area contributed by atoms with Gasteiger partial charge < -0.3 is 4.90 Å². The molecule has 0 N–H and O–H groups in total. The molecule has 3 aromatic rings. The lowest BCUT2D eigenvalue weighted by Crippen LogP contribution is -2.40. The number of carbonyl (C=O) groups excluding carboxylic acids is 1. The molecule has 1 aliphatic rings. The molecule has 1 fully saturated rings. The van der Waals surface area contributed by atoms with Gasteiger partial charge in [0, 0.05) is 38.8 Å². The predicted molar refractivity (Wildman–Crippen MR) is 105 cm³/mol. The lowest BCUT2D eigenvalue weighted by Gasteiger charge is -2.31.